The number of carbonyl (C=O) groups is 2. The number of allylic oxidation sites excluding steroid dienone is 6. The fourth-order valence-corrected chi connectivity index (χ4v) is 7.37. The van der Waals surface area contributed by atoms with Gasteiger partial charge in [0.25, 0.3) is 0 Å². The van der Waals surface area contributed by atoms with Crippen LogP contribution >= 0.6 is 0 Å². The van der Waals surface area contributed by atoms with Gasteiger partial charge in [0.15, 0.2) is 0 Å². The molecule has 10 nitrogen and oxygen atoms in total. The topological polar surface area (TPSA) is 154 Å². The Morgan fingerprint density at radius 3 is 1.31 bits per heavy atom. The zero-order valence-corrected chi connectivity index (χ0v) is 28.6. The summed E-state index contributed by atoms with van der Waals surface area (Å²) in [6, 6.07) is 8.68. The summed E-state index contributed by atoms with van der Waals surface area (Å²) in [5.74, 6) is -0.830. The predicted octanol–water partition coefficient (Wildman–Crippen LogP) is 6.66. The molecule has 2 heterocycles. The zero-order valence-electron chi connectivity index (χ0n) is 28.6. The monoisotopic (exact) mass is 652 g/mol. The van der Waals surface area contributed by atoms with Gasteiger partial charge in [-0.15, -0.1) is 0 Å². The third-order valence-corrected chi connectivity index (χ3v) is 10.2. The van der Waals surface area contributed by atoms with E-state index in [-0.39, 0.29) is 36.2 Å². The van der Waals surface area contributed by atoms with Crippen LogP contribution < -0.4 is 0 Å². The van der Waals surface area contributed by atoms with E-state index in [2.05, 4.69) is 35.8 Å². The molecule has 0 N–H and O–H groups in total. The Morgan fingerprint density at radius 2 is 1.00 bits per heavy atom. The summed E-state index contributed by atoms with van der Waals surface area (Å²) in [7, 11) is 0. The number of unbranched alkanes of at least 4 members (excludes halogenated alkanes) is 3. The molecule has 0 aromatic rings. The standard InChI is InChI=1S/C38H48N6O4/c1-3-27-19-29(31(23-39)35(21-27)43-13-7-8-14-43)33(25-41)37(45)47-17-11-5-6-12-18-48-38(46)34(26-42)30-20-28(4-2)22-36(32(30)24-40)44-15-9-10-16-44/h27-28H,3-22H2,1-2H3/b33-29+,34-30+. The molecule has 2 fully saturated rings. The molecular weight excluding hydrogens is 604 g/mol. The van der Waals surface area contributed by atoms with Gasteiger partial charge >= 0.3 is 11.9 Å². The molecule has 2 aliphatic heterocycles. The summed E-state index contributed by atoms with van der Waals surface area (Å²) >= 11 is 0. The number of nitrogens with zero attached hydrogens (tertiary/aromatic N) is 6. The highest BCUT2D eigenvalue weighted by Crippen LogP contribution is 2.41. The maximum Gasteiger partial charge on any atom is 0.349 e. The van der Waals surface area contributed by atoms with E-state index in [1.165, 1.54) is 0 Å². The van der Waals surface area contributed by atoms with Gasteiger partial charge in [0.1, 0.15) is 35.4 Å². The maximum atomic E-state index is 13.0. The van der Waals surface area contributed by atoms with Crippen molar-refractivity contribution in [2.45, 2.75) is 104 Å². The number of esters is 2. The predicted molar refractivity (Wildman–Crippen MR) is 179 cm³/mol. The van der Waals surface area contributed by atoms with Crippen LogP contribution in [0.15, 0.2) is 44.8 Å². The van der Waals surface area contributed by atoms with Gasteiger partial charge < -0.3 is 19.3 Å². The van der Waals surface area contributed by atoms with Crippen molar-refractivity contribution in [1.29, 1.82) is 21.0 Å². The van der Waals surface area contributed by atoms with E-state index in [0.29, 0.717) is 60.8 Å². The van der Waals surface area contributed by atoms with Crippen LogP contribution in [0.3, 0.4) is 0 Å². The van der Waals surface area contributed by atoms with Crippen molar-refractivity contribution in [2.24, 2.45) is 11.8 Å². The number of ether oxygens (including phenoxy) is 2. The van der Waals surface area contributed by atoms with Crippen molar-refractivity contribution < 1.29 is 19.1 Å². The summed E-state index contributed by atoms with van der Waals surface area (Å²) in [6.07, 6.45) is 11.3. The van der Waals surface area contributed by atoms with Crippen molar-refractivity contribution in [3.8, 4) is 24.3 Å². The van der Waals surface area contributed by atoms with Gasteiger partial charge in [-0.1, -0.05) is 26.7 Å². The molecule has 254 valence electrons. The maximum absolute atomic E-state index is 13.0. The molecule has 0 amide bonds. The Labute approximate surface area is 285 Å². The molecule has 0 spiro atoms. The molecule has 0 aromatic heterocycles. The van der Waals surface area contributed by atoms with Crippen LogP contribution in [0.1, 0.15) is 104 Å². The van der Waals surface area contributed by atoms with Crippen LogP contribution in [0.25, 0.3) is 0 Å². The van der Waals surface area contributed by atoms with Crippen molar-refractivity contribution >= 4 is 11.9 Å². The van der Waals surface area contributed by atoms with Crippen molar-refractivity contribution in [2.75, 3.05) is 39.4 Å². The second-order valence-electron chi connectivity index (χ2n) is 13.2. The number of hydrogen-bond acceptors (Lipinski definition) is 10. The van der Waals surface area contributed by atoms with Crippen LogP contribution in [-0.4, -0.2) is 61.1 Å². The molecule has 0 radical (unpaired) electrons. The van der Waals surface area contributed by atoms with E-state index in [4.69, 9.17) is 9.47 Å². The number of rotatable bonds is 13. The average molecular weight is 653 g/mol. The molecular formula is C38H48N6O4. The van der Waals surface area contributed by atoms with E-state index in [1.54, 1.807) is 0 Å². The highest BCUT2D eigenvalue weighted by atomic mass is 16.5. The summed E-state index contributed by atoms with van der Waals surface area (Å²) < 4.78 is 11.0. The van der Waals surface area contributed by atoms with Crippen molar-refractivity contribution in [1.82, 2.24) is 9.80 Å². The molecule has 2 unspecified atom stereocenters. The van der Waals surface area contributed by atoms with E-state index >= 15 is 0 Å². The van der Waals surface area contributed by atoms with Crippen molar-refractivity contribution in [3.05, 3.63) is 44.8 Å². The molecule has 4 aliphatic rings. The molecule has 2 atom stereocenters. The Balaban J connectivity index is 1.28. The second kappa shape index (κ2) is 18.1. The summed E-state index contributed by atoms with van der Waals surface area (Å²) in [6.45, 7) is 8.05. The Kier molecular flexibility index (Phi) is 13.7. The first-order valence-electron chi connectivity index (χ1n) is 17.8. The van der Waals surface area contributed by atoms with Gasteiger partial charge in [-0.25, -0.2) is 9.59 Å². The van der Waals surface area contributed by atoms with Gasteiger partial charge in [-0.05, 0) is 100 Å². The molecule has 0 saturated carbocycles. The molecule has 4 rings (SSSR count). The first-order chi connectivity index (χ1) is 23.4. The van der Waals surface area contributed by atoms with Crippen LogP contribution in [0, 0.1) is 57.2 Å². The molecule has 10 heteroatoms. The van der Waals surface area contributed by atoms with Gasteiger partial charge in [0.2, 0.25) is 0 Å². The summed E-state index contributed by atoms with van der Waals surface area (Å²) in [5, 5.41) is 39.9. The Morgan fingerprint density at radius 1 is 0.625 bits per heavy atom. The highest BCUT2D eigenvalue weighted by molar-refractivity contribution is 5.95. The van der Waals surface area contributed by atoms with E-state index in [1.807, 2.05) is 12.1 Å². The smallest absolute Gasteiger partial charge is 0.349 e. The van der Waals surface area contributed by atoms with Crippen LogP contribution in [0.5, 0.6) is 0 Å². The Bertz CT molecular complexity index is 1400. The van der Waals surface area contributed by atoms with Gasteiger partial charge in [-0.2, -0.15) is 21.0 Å². The highest BCUT2D eigenvalue weighted by Gasteiger charge is 2.34. The van der Waals surface area contributed by atoms with Gasteiger partial charge in [0, 0.05) is 37.6 Å². The molecule has 2 saturated heterocycles. The molecule has 2 aliphatic carbocycles. The van der Waals surface area contributed by atoms with E-state index in [0.717, 1.165) is 88.9 Å². The third kappa shape index (κ3) is 8.67. The number of nitriles is 4. The van der Waals surface area contributed by atoms with Crippen molar-refractivity contribution in [3.63, 3.8) is 0 Å². The minimum Gasteiger partial charge on any atom is -0.462 e. The lowest BCUT2D eigenvalue weighted by Crippen LogP contribution is -2.27. The fourth-order valence-electron chi connectivity index (χ4n) is 7.37. The first-order valence-corrected chi connectivity index (χ1v) is 17.8. The summed E-state index contributed by atoms with van der Waals surface area (Å²) in [5.41, 5.74) is 3.73. The Hall–Kier alpha value is -4.54. The SMILES string of the molecule is CCC1CC(N2CCCC2)=C(C#N)/C(=C(\C#N)C(=O)OCCCCCCOC(=O)/C(C#N)=C2\CC(CC)CC(N3CCCC3)=C2C#N)C1. The number of likely N-dealkylation sites (tertiary alicyclic amines) is 2. The fraction of sp³-hybridized carbons (Fsp3) is 0.632. The van der Waals surface area contributed by atoms with Gasteiger partial charge in [-0.3, -0.25) is 0 Å². The van der Waals surface area contributed by atoms with Crippen LogP contribution in [0.4, 0.5) is 0 Å². The molecule has 0 aromatic carbocycles. The lowest BCUT2D eigenvalue weighted by molar-refractivity contribution is -0.140. The number of carbonyl (C=O) groups excluding carboxylic acids is 2. The molecule has 0 bridgehead atoms. The van der Waals surface area contributed by atoms with E-state index < -0.39 is 11.9 Å². The lowest BCUT2D eigenvalue weighted by atomic mass is 9.80. The van der Waals surface area contributed by atoms with Crippen LogP contribution in [0.2, 0.25) is 0 Å². The van der Waals surface area contributed by atoms with Crippen LogP contribution in [-0.2, 0) is 19.1 Å². The number of hydrogen-bond donors (Lipinski definition) is 0. The second-order valence-corrected chi connectivity index (χ2v) is 13.2. The van der Waals surface area contributed by atoms with E-state index in [9.17, 15) is 30.6 Å². The average Bonchev–Trinajstić information content (AvgIpc) is 3.85. The quantitative estimate of drug-likeness (QED) is 0.0913. The van der Waals surface area contributed by atoms with Gasteiger partial charge in [0.05, 0.1) is 24.4 Å². The largest absolute Gasteiger partial charge is 0.462 e. The first kappa shape index (κ1) is 36.3. The third-order valence-electron chi connectivity index (χ3n) is 10.2. The zero-order chi connectivity index (χ0) is 34.5. The summed E-state index contributed by atoms with van der Waals surface area (Å²) in [4.78, 5) is 30.5. The lowest BCUT2D eigenvalue weighted by Gasteiger charge is -2.32. The minimum absolute atomic E-state index is 0.0686. The minimum atomic E-state index is -0.685. The molecule has 48 heavy (non-hydrogen) atoms. The normalized spacial score (nSPS) is 23.2.